The summed E-state index contributed by atoms with van der Waals surface area (Å²) < 4.78 is 5.99. The fourth-order valence-electron chi connectivity index (χ4n) is 5.79. The van der Waals surface area contributed by atoms with Gasteiger partial charge >= 0.3 is 11.9 Å². The standard InChI is InChI=1S/C42H74N2O7/c1-3-5-7-9-11-13-15-16-17-19-21-26-30-34-41(48)51-37(31-27-23-20-18-14-12-10-8-6-4-2)32-28-24-22-25-29-33-39(46)43-35-40(47)44-38(36-45)42(49)50/h5,7,11,13,16-17,37-38,45H,3-4,6,8-10,12,14-15,18-36H2,1-2H3,(H,43,46)(H,44,47)(H,49,50)/b7-5-,13-11-,17-16-. The van der Waals surface area contributed by atoms with Gasteiger partial charge in [0.2, 0.25) is 11.8 Å². The summed E-state index contributed by atoms with van der Waals surface area (Å²) in [5, 5.41) is 22.5. The molecule has 9 heteroatoms. The molecular weight excluding hydrogens is 644 g/mol. The van der Waals surface area contributed by atoms with Crippen LogP contribution in [0.5, 0.6) is 0 Å². The van der Waals surface area contributed by atoms with Gasteiger partial charge in [0.25, 0.3) is 0 Å². The zero-order valence-corrected chi connectivity index (χ0v) is 32.4. The summed E-state index contributed by atoms with van der Waals surface area (Å²) in [6, 6.07) is -1.38. The molecule has 0 fully saturated rings. The average molecular weight is 719 g/mol. The van der Waals surface area contributed by atoms with Crippen molar-refractivity contribution in [1.29, 1.82) is 0 Å². The van der Waals surface area contributed by atoms with E-state index in [-0.39, 0.29) is 24.5 Å². The van der Waals surface area contributed by atoms with Gasteiger partial charge in [0.15, 0.2) is 0 Å². The SMILES string of the molecule is CC/C=C\C/C=C\C/C=C\CCCCCC(=O)OC(CCCCCCCCCCCC)CCCCCCCC(=O)NCC(=O)NC(CO)C(=O)O. The van der Waals surface area contributed by atoms with E-state index in [4.69, 9.17) is 14.9 Å². The third kappa shape index (κ3) is 33.9. The van der Waals surface area contributed by atoms with Crippen LogP contribution < -0.4 is 10.6 Å². The molecule has 2 amide bonds. The van der Waals surface area contributed by atoms with Gasteiger partial charge in [-0.3, -0.25) is 14.4 Å². The van der Waals surface area contributed by atoms with Gasteiger partial charge in [0, 0.05) is 12.8 Å². The summed E-state index contributed by atoms with van der Waals surface area (Å²) >= 11 is 0. The van der Waals surface area contributed by atoms with Gasteiger partial charge in [-0.15, -0.1) is 0 Å². The lowest BCUT2D eigenvalue weighted by molar-refractivity contribution is -0.150. The van der Waals surface area contributed by atoms with Gasteiger partial charge in [-0.1, -0.05) is 134 Å². The number of aliphatic carboxylic acids is 1. The van der Waals surface area contributed by atoms with Crippen LogP contribution in [0.1, 0.15) is 181 Å². The van der Waals surface area contributed by atoms with Gasteiger partial charge in [-0.25, -0.2) is 4.79 Å². The lowest BCUT2D eigenvalue weighted by atomic mass is 10.0. The van der Waals surface area contributed by atoms with Gasteiger partial charge in [-0.05, 0) is 70.6 Å². The number of carbonyl (C=O) groups excluding carboxylic acids is 3. The maximum Gasteiger partial charge on any atom is 0.328 e. The largest absolute Gasteiger partial charge is 0.480 e. The first-order valence-electron chi connectivity index (χ1n) is 20.4. The Morgan fingerprint density at radius 2 is 1.12 bits per heavy atom. The summed E-state index contributed by atoms with van der Waals surface area (Å²) in [4.78, 5) is 47.4. The molecule has 0 spiro atoms. The molecular formula is C42H74N2O7. The third-order valence-corrected chi connectivity index (χ3v) is 8.90. The maximum atomic E-state index is 12.7. The maximum absolute atomic E-state index is 12.7. The van der Waals surface area contributed by atoms with Crippen LogP contribution in [0, 0.1) is 0 Å². The Morgan fingerprint density at radius 3 is 1.69 bits per heavy atom. The van der Waals surface area contributed by atoms with E-state index in [1.165, 1.54) is 57.8 Å². The van der Waals surface area contributed by atoms with E-state index in [2.05, 4.69) is 60.9 Å². The molecule has 0 saturated carbocycles. The quantitative estimate of drug-likeness (QED) is 0.0287. The predicted molar refractivity (Wildman–Crippen MR) is 208 cm³/mol. The number of hydrogen-bond acceptors (Lipinski definition) is 6. The van der Waals surface area contributed by atoms with Crippen LogP contribution in [0.3, 0.4) is 0 Å². The number of esters is 1. The van der Waals surface area contributed by atoms with Crippen molar-refractivity contribution in [2.75, 3.05) is 13.2 Å². The van der Waals surface area contributed by atoms with Crippen LogP contribution >= 0.6 is 0 Å². The topological polar surface area (TPSA) is 142 Å². The lowest BCUT2D eigenvalue weighted by Gasteiger charge is -2.18. The fourth-order valence-corrected chi connectivity index (χ4v) is 5.79. The highest BCUT2D eigenvalue weighted by Crippen LogP contribution is 2.19. The Morgan fingerprint density at radius 1 is 0.608 bits per heavy atom. The van der Waals surface area contributed by atoms with Gasteiger partial charge < -0.3 is 25.6 Å². The highest BCUT2D eigenvalue weighted by atomic mass is 16.5. The molecule has 51 heavy (non-hydrogen) atoms. The number of carbonyl (C=O) groups is 4. The number of amides is 2. The molecule has 0 radical (unpaired) electrons. The highest BCUT2D eigenvalue weighted by Gasteiger charge is 2.19. The molecule has 0 heterocycles. The number of nitrogens with one attached hydrogen (secondary N) is 2. The molecule has 0 aromatic rings. The summed E-state index contributed by atoms with van der Waals surface area (Å²) in [5.74, 6) is -2.32. The van der Waals surface area contributed by atoms with Crippen molar-refractivity contribution in [2.45, 2.75) is 193 Å². The molecule has 2 unspecified atom stereocenters. The summed E-state index contributed by atoms with van der Waals surface area (Å²) in [6.07, 6.45) is 40.2. The van der Waals surface area contributed by atoms with Gasteiger partial charge in [0.1, 0.15) is 12.1 Å². The van der Waals surface area contributed by atoms with E-state index in [9.17, 15) is 19.2 Å². The molecule has 0 rings (SSSR count). The van der Waals surface area contributed by atoms with Gasteiger partial charge in [-0.2, -0.15) is 0 Å². The van der Waals surface area contributed by atoms with Crippen LogP contribution in [-0.4, -0.2) is 59.3 Å². The number of carboxylic acid groups (broad SMARTS) is 1. The van der Waals surface area contributed by atoms with Crippen molar-refractivity contribution in [2.24, 2.45) is 0 Å². The molecule has 0 aliphatic carbocycles. The van der Waals surface area contributed by atoms with Crippen LogP contribution in [0.15, 0.2) is 36.5 Å². The molecule has 2 atom stereocenters. The second-order valence-electron chi connectivity index (χ2n) is 13.7. The molecule has 0 aliphatic heterocycles. The van der Waals surface area contributed by atoms with E-state index in [0.29, 0.717) is 19.3 Å². The van der Waals surface area contributed by atoms with Crippen LogP contribution in [-0.2, 0) is 23.9 Å². The fraction of sp³-hybridized carbons (Fsp3) is 0.762. The van der Waals surface area contributed by atoms with E-state index in [1.807, 2.05) is 0 Å². The first kappa shape index (κ1) is 48.1. The van der Waals surface area contributed by atoms with Crippen molar-refractivity contribution in [1.82, 2.24) is 10.6 Å². The van der Waals surface area contributed by atoms with Crippen molar-refractivity contribution in [3.8, 4) is 0 Å². The number of rotatable bonds is 36. The van der Waals surface area contributed by atoms with Crippen molar-refractivity contribution in [3.63, 3.8) is 0 Å². The Balaban J connectivity index is 4.33. The first-order valence-corrected chi connectivity index (χ1v) is 20.4. The van der Waals surface area contributed by atoms with Crippen molar-refractivity contribution >= 4 is 23.8 Å². The van der Waals surface area contributed by atoms with E-state index in [0.717, 1.165) is 89.9 Å². The molecule has 4 N–H and O–H groups in total. The highest BCUT2D eigenvalue weighted by molar-refractivity contribution is 5.87. The summed E-state index contributed by atoms with van der Waals surface area (Å²) in [6.45, 7) is 3.35. The number of aliphatic hydroxyl groups is 1. The van der Waals surface area contributed by atoms with Crippen LogP contribution in [0.2, 0.25) is 0 Å². The zero-order valence-electron chi connectivity index (χ0n) is 32.4. The van der Waals surface area contributed by atoms with E-state index in [1.54, 1.807) is 0 Å². The minimum absolute atomic E-state index is 0.0246. The molecule has 0 aromatic carbocycles. The summed E-state index contributed by atoms with van der Waals surface area (Å²) in [5.41, 5.74) is 0. The summed E-state index contributed by atoms with van der Waals surface area (Å²) in [7, 11) is 0. The Labute approximate surface area is 310 Å². The lowest BCUT2D eigenvalue weighted by Crippen LogP contribution is -2.47. The average Bonchev–Trinajstić information content (AvgIpc) is 3.11. The predicted octanol–water partition coefficient (Wildman–Crippen LogP) is 9.43. The minimum Gasteiger partial charge on any atom is -0.480 e. The van der Waals surface area contributed by atoms with Crippen molar-refractivity contribution < 1.29 is 34.1 Å². The number of aliphatic hydroxyl groups excluding tert-OH is 1. The number of ether oxygens (including phenoxy) is 1. The molecule has 0 bridgehead atoms. The second-order valence-corrected chi connectivity index (χ2v) is 13.7. The monoisotopic (exact) mass is 719 g/mol. The second kappa shape index (κ2) is 36.8. The number of hydrogen-bond donors (Lipinski definition) is 4. The molecule has 294 valence electrons. The number of unbranched alkanes of at least 4 members (excludes halogenated alkanes) is 16. The van der Waals surface area contributed by atoms with E-state index >= 15 is 0 Å². The van der Waals surface area contributed by atoms with Crippen LogP contribution in [0.25, 0.3) is 0 Å². The number of carboxylic acids is 1. The van der Waals surface area contributed by atoms with Crippen molar-refractivity contribution in [3.05, 3.63) is 36.5 Å². The van der Waals surface area contributed by atoms with Gasteiger partial charge in [0.05, 0.1) is 13.2 Å². The minimum atomic E-state index is -1.38. The molecule has 0 saturated heterocycles. The third-order valence-electron chi connectivity index (χ3n) is 8.90. The van der Waals surface area contributed by atoms with E-state index < -0.39 is 24.5 Å². The molecule has 0 aliphatic rings. The smallest absolute Gasteiger partial charge is 0.328 e. The number of allylic oxidation sites excluding steroid dienone is 6. The Bertz CT molecular complexity index is 963. The Kier molecular flexibility index (Phi) is 34.7. The normalized spacial score (nSPS) is 12.8. The molecule has 0 aromatic heterocycles. The molecule has 9 nitrogen and oxygen atoms in total. The zero-order chi connectivity index (χ0) is 37.6. The Hall–Kier alpha value is -2.94. The first-order chi connectivity index (χ1) is 24.8. The van der Waals surface area contributed by atoms with Crippen LogP contribution in [0.4, 0.5) is 0 Å².